The Balaban J connectivity index is 2.81. The van der Waals surface area contributed by atoms with E-state index in [2.05, 4.69) is 26.1 Å². The monoisotopic (exact) mass is 323 g/mol. The molecule has 2 N–H and O–H groups in total. The molecule has 1 amide bonds. The SMILES string of the molecule is CCOc1cc(C(=O)NCC(C)C(C)C)ccc1OCC(=O)O. The highest BCUT2D eigenvalue weighted by Gasteiger charge is 2.14. The summed E-state index contributed by atoms with van der Waals surface area (Å²) in [5.74, 6) is 0.268. The van der Waals surface area contributed by atoms with E-state index in [1.165, 1.54) is 0 Å². The van der Waals surface area contributed by atoms with Crippen molar-refractivity contribution < 1.29 is 24.2 Å². The molecular formula is C17H25NO5. The van der Waals surface area contributed by atoms with Gasteiger partial charge in [0.1, 0.15) is 0 Å². The second kappa shape index (κ2) is 9.02. The number of hydrogen-bond acceptors (Lipinski definition) is 4. The van der Waals surface area contributed by atoms with Gasteiger partial charge in [-0.25, -0.2) is 4.79 Å². The summed E-state index contributed by atoms with van der Waals surface area (Å²) in [6.45, 7) is 8.63. The molecule has 6 heteroatoms. The van der Waals surface area contributed by atoms with Crippen molar-refractivity contribution in [3.63, 3.8) is 0 Å². The van der Waals surface area contributed by atoms with Crippen molar-refractivity contribution in [2.75, 3.05) is 19.8 Å². The maximum atomic E-state index is 12.2. The van der Waals surface area contributed by atoms with Crippen molar-refractivity contribution in [1.82, 2.24) is 5.32 Å². The second-order valence-electron chi connectivity index (χ2n) is 5.71. The number of carboxylic acid groups (broad SMARTS) is 1. The van der Waals surface area contributed by atoms with Crippen LogP contribution in [0.15, 0.2) is 18.2 Å². The number of amides is 1. The molecule has 0 saturated carbocycles. The number of hydrogen-bond donors (Lipinski definition) is 2. The molecule has 1 atom stereocenters. The number of carbonyl (C=O) groups is 2. The van der Waals surface area contributed by atoms with Crippen molar-refractivity contribution in [3.8, 4) is 11.5 Å². The van der Waals surface area contributed by atoms with Gasteiger partial charge in [0.05, 0.1) is 6.61 Å². The van der Waals surface area contributed by atoms with Crippen LogP contribution in [0.4, 0.5) is 0 Å². The molecule has 0 spiro atoms. The van der Waals surface area contributed by atoms with Crippen LogP contribution in [0.5, 0.6) is 11.5 Å². The summed E-state index contributed by atoms with van der Waals surface area (Å²) in [5, 5.41) is 11.6. The molecule has 0 bridgehead atoms. The molecule has 1 aromatic carbocycles. The summed E-state index contributed by atoms with van der Waals surface area (Å²) in [7, 11) is 0. The zero-order valence-corrected chi connectivity index (χ0v) is 14.1. The van der Waals surface area contributed by atoms with Crippen LogP contribution in [-0.4, -0.2) is 36.7 Å². The van der Waals surface area contributed by atoms with E-state index >= 15 is 0 Å². The molecule has 0 saturated heterocycles. The zero-order chi connectivity index (χ0) is 17.4. The van der Waals surface area contributed by atoms with E-state index in [0.29, 0.717) is 42.0 Å². The van der Waals surface area contributed by atoms with Gasteiger partial charge in [-0.2, -0.15) is 0 Å². The van der Waals surface area contributed by atoms with Gasteiger partial charge in [0, 0.05) is 12.1 Å². The molecule has 1 rings (SSSR count). The molecular weight excluding hydrogens is 298 g/mol. The van der Waals surface area contributed by atoms with Crippen LogP contribution in [-0.2, 0) is 4.79 Å². The predicted octanol–water partition coefficient (Wildman–Crippen LogP) is 2.57. The predicted molar refractivity (Wildman–Crippen MR) is 87.1 cm³/mol. The third kappa shape index (κ3) is 6.18. The summed E-state index contributed by atoms with van der Waals surface area (Å²) in [6.07, 6.45) is 0. The van der Waals surface area contributed by atoms with Gasteiger partial charge in [0.25, 0.3) is 5.91 Å². The molecule has 0 aromatic heterocycles. The lowest BCUT2D eigenvalue weighted by Crippen LogP contribution is -2.30. The first kappa shape index (κ1) is 18.8. The molecule has 23 heavy (non-hydrogen) atoms. The highest BCUT2D eigenvalue weighted by atomic mass is 16.5. The van der Waals surface area contributed by atoms with Gasteiger partial charge < -0.3 is 19.9 Å². The third-order valence-corrected chi connectivity index (χ3v) is 3.58. The highest BCUT2D eigenvalue weighted by molar-refractivity contribution is 5.94. The Morgan fingerprint density at radius 2 is 1.87 bits per heavy atom. The van der Waals surface area contributed by atoms with E-state index in [1.807, 2.05) is 0 Å². The number of ether oxygens (including phenoxy) is 2. The summed E-state index contributed by atoms with van der Waals surface area (Å²) in [6, 6.07) is 4.71. The van der Waals surface area contributed by atoms with E-state index in [0.717, 1.165) is 0 Å². The lowest BCUT2D eigenvalue weighted by molar-refractivity contribution is -0.139. The highest BCUT2D eigenvalue weighted by Crippen LogP contribution is 2.28. The summed E-state index contributed by atoms with van der Waals surface area (Å²) in [4.78, 5) is 22.8. The Labute approximate surface area is 136 Å². The normalized spacial score (nSPS) is 11.9. The van der Waals surface area contributed by atoms with Gasteiger partial charge in [0.2, 0.25) is 0 Å². The number of nitrogens with one attached hydrogen (secondary N) is 1. The van der Waals surface area contributed by atoms with E-state index in [9.17, 15) is 9.59 Å². The smallest absolute Gasteiger partial charge is 0.341 e. The first-order valence-corrected chi connectivity index (χ1v) is 7.74. The van der Waals surface area contributed by atoms with E-state index in [4.69, 9.17) is 14.6 Å². The van der Waals surface area contributed by atoms with Gasteiger partial charge in [-0.1, -0.05) is 20.8 Å². The lowest BCUT2D eigenvalue weighted by atomic mass is 9.98. The average Bonchev–Trinajstić information content (AvgIpc) is 2.50. The maximum Gasteiger partial charge on any atom is 0.341 e. The maximum absolute atomic E-state index is 12.2. The minimum Gasteiger partial charge on any atom is -0.490 e. The van der Waals surface area contributed by atoms with Crippen molar-refractivity contribution in [1.29, 1.82) is 0 Å². The molecule has 0 aliphatic rings. The van der Waals surface area contributed by atoms with Crippen LogP contribution < -0.4 is 14.8 Å². The fraction of sp³-hybridized carbons (Fsp3) is 0.529. The number of benzene rings is 1. The minimum absolute atomic E-state index is 0.191. The molecule has 0 heterocycles. The van der Waals surface area contributed by atoms with Gasteiger partial charge in [-0.15, -0.1) is 0 Å². The molecule has 0 radical (unpaired) electrons. The van der Waals surface area contributed by atoms with Gasteiger partial charge in [0.15, 0.2) is 18.1 Å². The number of aliphatic carboxylic acids is 1. The molecule has 6 nitrogen and oxygen atoms in total. The van der Waals surface area contributed by atoms with Crippen LogP contribution in [0.2, 0.25) is 0 Å². The molecule has 128 valence electrons. The van der Waals surface area contributed by atoms with Crippen molar-refractivity contribution in [2.45, 2.75) is 27.7 Å². The number of carbonyl (C=O) groups excluding carboxylic acids is 1. The summed E-state index contributed by atoms with van der Waals surface area (Å²) >= 11 is 0. The fourth-order valence-corrected chi connectivity index (χ4v) is 1.77. The Morgan fingerprint density at radius 3 is 2.43 bits per heavy atom. The van der Waals surface area contributed by atoms with Gasteiger partial charge in [-0.3, -0.25) is 4.79 Å². The number of rotatable bonds is 9. The van der Waals surface area contributed by atoms with Crippen LogP contribution >= 0.6 is 0 Å². The van der Waals surface area contributed by atoms with Gasteiger partial charge >= 0.3 is 5.97 Å². The van der Waals surface area contributed by atoms with Crippen molar-refractivity contribution >= 4 is 11.9 Å². The van der Waals surface area contributed by atoms with Crippen LogP contribution in [0.1, 0.15) is 38.1 Å². The first-order valence-electron chi connectivity index (χ1n) is 7.74. The van der Waals surface area contributed by atoms with Crippen LogP contribution in [0.3, 0.4) is 0 Å². The zero-order valence-electron chi connectivity index (χ0n) is 14.1. The fourth-order valence-electron chi connectivity index (χ4n) is 1.77. The minimum atomic E-state index is -1.07. The Morgan fingerprint density at radius 1 is 1.17 bits per heavy atom. The molecule has 0 aliphatic heterocycles. The first-order chi connectivity index (χ1) is 10.8. The van der Waals surface area contributed by atoms with E-state index in [-0.39, 0.29) is 5.91 Å². The summed E-state index contributed by atoms with van der Waals surface area (Å²) in [5.41, 5.74) is 0.451. The van der Waals surface area contributed by atoms with Crippen molar-refractivity contribution in [3.05, 3.63) is 23.8 Å². The lowest BCUT2D eigenvalue weighted by Gasteiger charge is -2.16. The van der Waals surface area contributed by atoms with E-state index < -0.39 is 12.6 Å². The molecule has 1 unspecified atom stereocenters. The molecule has 0 fully saturated rings. The third-order valence-electron chi connectivity index (χ3n) is 3.58. The Kier molecular flexibility index (Phi) is 7.38. The standard InChI is InChI=1S/C17H25NO5/c1-5-22-15-8-13(6-7-14(15)23-10-16(19)20)17(21)18-9-12(4)11(2)3/h6-8,11-12H,5,9-10H2,1-4H3,(H,18,21)(H,19,20). The largest absolute Gasteiger partial charge is 0.490 e. The summed E-state index contributed by atoms with van der Waals surface area (Å²) < 4.78 is 10.6. The second-order valence-corrected chi connectivity index (χ2v) is 5.71. The topological polar surface area (TPSA) is 84.9 Å². The molecule has 1 aromatic rings. The number of carboxylic acids is 1. The van der Waals surface area contributed by atoms with Crippen LogP contribution in [0, 0.1) is 11.8 Å². The Bertz CT molecular complexity index is 542. The van der Waals surface area contributed by atoms with Gasteiger partial charge in [-0.05, 0) is 37.0 Å². The average molecular weight is 323 g/mol. The van der Waals surface area contributed by atoms with Crippen LogP contribution in [0.25, 0.3) is 0 Å². The molecule has 0 aliphatic carbocycles. The van der Waals surface area contributed by atoms with Crippen molar-refractivity contribution in [2.24, 2.45) is 11.8 Å². The quantitative estimate of drug-likeness (QED) is 0.729. The Hall–Kier alpha value is -2.24. The van der Waals surface area contributed by atoms with E-state index in [1.54, 1.807) is 25.1 Å².